The van der Waals surface area contributed by atoms with Gasteiger partial charge in [0.15, 0.2) is 6.61 Å². The van der Waals surface area contributed by atoms with E-state index in [4.69, 9.17) is 4.74 Å². The van der Waals surface area contributed by atoms with Gasteiger partial charge < -0.3 is 14.6 Å². The number of nitrogens with one attached hydrogen (secondary N) is 1. The van der Waals surface area contributed by atoms with E-state index in [1.807, 2.05) is 25.1 Å². The molecular formula is C18H22N2O3. The molecule has 5 heteroatoms. The van der Waals surface area contributed by atoms with Crippen LogP contribution in [0.3, 0.4) is 0 Å². The van der Waals surface area contributed by atoms with Crippen molar-refractivity contribution in [2.45, 2.75) is 25.8 Å². The van der Waals surface area contributed by atoms with E-state index in [1.165, 1.54) is 5.56 Å². The lowest BCUT2D eigenvalue weighted by molar-refractivity contribution is -0.124. The molecule has 1 amide bonds. The van der Waals surface area contributed by atoms with Gasteiger partial charge in [0.1, 0.15) is 5.69 Å². The maximum absolute atomic E-state index is 11.8. The molecule has 0 saturated heterocycles. The highest BCUT2D eigenvalue weighted by Gasteiger charge is 2.14. The fourth-order valence-electron chi connectivity index (χ4n) is 2.29. The van der Waals surface area contributed by atoms with Crippen molar-refractivity contribution in [3.8, 4) is 0 Å². The number of carbonyl (C=O) groups is 2. The standard InChI is InChI=1S/C18H22N2O3/c1-14(10-11-15-7-4-3-5-8-15)19-17(21)13-23-18(22)16-9-6-12-20(16)2/h3-9,12,14H,10-11,13H2,1-2H3,(H,19,21). The summed E-state index contributed by atoms with van der Waals surface area (Å²) in [6, 6.07) is 13.5. The van der Waals surface area contributed by atoms with Crippen molar-refractivity contribution in [1.82, 2.24) is 9.88 Å². The number of hydrogen-bond donors (Lipinski definition) is 1. The second-order valence-corrected chi connectivity index (χ2v) is 5.57. The van der Waals surface area contributed by atoms with Gasteiger partial charge in [-0.15, -0.1) is 0 Å². The number of aromatic nitrogens is 1. The van der Waals surface area contributed by atoms with Crippen LogP contribution >= 0.6 is 0 Å². The Kier molecular flexibility index (Phi) is 5.97. The predicted molar refractivity (Wildman–Crippen MR) is 88.1 cm³/mol. The largest absolute Gasteiger partial charge is 0.451 e. The summed E-state index contributed by atoms with van der Waals surface area (Å²) in [4.78, 5) is 23.6. The lowest BCUT2D eigenvalue weighted by atomic mass is 10.1. The molecule has 5 nitrogen and oxygen atoms in total. The molecule has 1 heterocycles. The molecule has 0 saturated carbocycles. The Morgan fingerprint density at radius 3 is 2.57 bits per heavy atom. The zero-order valence-corrected chi connectivity index (χ0v) is 13.5. The summed E-state index contributed by atoms with van der Waals surface area (Å²) in [6.45, 7) is 1.68. The van der Waals surface area contributed by atoms with Crippen LogP contribution in [0, 0.1) is 0 Å². The van der Waals surface area contributed by atoms with Crippen molar-refractivity contribution in [3.05, 3.63) is 59.9 Å². The quantitative estimate of drug-likeness (QED) is 0.798. The Labute approximate surface area is 136 Å². The van der Waals surface area contributed by atoms with Crippen LogP contribution in [-0.2, 0) is 23.0 Å². The maximum atomic E-state index is 11.8. The first-order valence-corrected chi connectivity index (χ1v) is 7.68. The summed E-state index contributed by atoms with van der Waals surface area (Å²) in [5, 5.41) is 2.84. The number of rotatable bonds is 7. The van der Waals surface area contributed by atoms with Crippen molar-refractivity contribution in [3.63, 3.8) is 0 Å². The molecule has 1 unspecified atom stereocenters. The molecule has 0 aliphatic rings. The van der Waals surface area contributed by atoms with Gasteiger partial charge in [-0.05, 0) is 37.5 Å². The van der Waals surface area contributed by atoms with Crippen molar-refractivity contribution in [2.24, 2.45) is 7.05 Å². The first-order valence-electron chi connectivity index (χ1n) is 7.68. The van der Waals surface area contributed by atoms with Crippen molar-refractivity contribution >= 4 is 11.9 Å². The SMILES string of the molecule is CC(CCc1ccccc1)NC(=O)COC(=O)c1cccn1C. The molecule has 2 aromatic rings. The molecule has 0 fully saturated rings. The second-order valence-electron chi connectivity index (χ2n) is 5.57. The molecule has 1 atom stereocenters. The Hall–Kier alpha value is -2.56. The highest BCUT2D eigenvalue weighted by Crippen LogP contribution is 2.05. The summed E-state index contributed by atoms with van der Waals surface area (Å²) in [6.07, 6.45) is 3.48. The summed E-state index contributed by atoms with van der Waals surface area (Å²) in [7, 11) is 1.75. The van der Waals surface area contributed by atoms with Gasteiger partial charge in [-0.3, -0.25) is 4.79 Å². The maximum Gasteiger partial charge on any atom is 0.355 e. The van der Waals surface area contributed by atoms with Gasteiger partial charge in [0.2, 0.25) is 0 Å². The normalized spacial score (nSPS) is 11.7. The van der Waals surface area contributed by atoms with Gasteiger partial charge in [-0.2, -0.15) is 0 Å². The third-order valence-electron chi connectivity index (χ3n) is 3.60. The van der Waals surface area contributed by atoms with Crippen LogP contribution in [0.25, 0.3) is 0 Å². The summed E-state index contributed by atoms with van der Waals surface area (Å²) >= 11 is 0. The second kappa shape index (κ2) is 8.17. The molecule has 0 aliphatic carbocycles. The molecule has 0 bridgehead atoms. The minimum atomic E-state index is -0.496. The van der Waals surface area contributed by atoms with Crippen LogP contribution in [0.1, 0.15) is 29.4 Å². The lowest BCUT2D eigenvalue weighted by Gasteiger charge is -2.14. The van der Waals surface area contributed by atoms with E-state index < -0.39 is 5.97 Å². The van der Waals surface area contributed by atoms with Gasteiger partial charge in [0.25, 0.3) is 5.91 Å². The van der Waals surface area contributed by atoms with Gasteiger partial charge in [0, 0.05) is 19.3 Å². The number of hydrogen-bond acceptors (Lipinski definition) is 3. The van der Waals surface area contributed by atoms with Crippen molar-refractivity contribution in [1.29, 1.82) is 0 Å². The molecule has 0 radical (unpaired) electrons. The van der Waals surface area contributed by atoms with E-state index in [9.17, 15) is 9.59 Å². The molecular weight excluding hydrogens is 292 g/mol. The van der Waals surface area contributed by atoms with Gasteiger partial charge >= 0.3 is 5.97 Å². The molecule has 1 N–H and O–H groups in total. The van der Waals surface area contributed by atoms with E-state index in [0.29, 0.717) is 5.69 Å². The fraction of sp³-hybridized carbons (Fsp3) is 0.333. The lowest BCUT2D eigenvalue weighted by Crippen LogP contribution is -2.36. The van der Waals surface area contributed by atoms with Gasteiger partial charge in [0.05, 0.1) is 0 Å². The average molecular weight is 314 g/mol. The number of nitrogens with zero attached hydrogens (tertiary/aromatic N) is 1. The van der Waals surface area contributed by atoms with Crippen LogP contribution in [-0.4, -0.2) is 29.1 Å². The topological polar surface area (TPSA) is 60.3 Å². The number of ether oxygens (including phenoxy) is 1. The third kappa shape index (κ3) is 5.29. The third-order valence-corrected chi connectivity index (χ3v) is 3.60. The molecule has 1 aromatic carbocycles. The highest BCUT2D eigenvalue weighted by atomic mass is 16.5. The first-order chi connectivity index (χ1) is 11.1. The summed E-state index contributed by atoms with van der Waals surface area (Å²) < 4.78 is 6.68. The van der Waals surface area contributed by atoms with Crippen molar-refractivity contribution in [2.75, 3.05) is 6.61 Å². The van der Waals surface area contributed by atoms with E-state index >= 15 is 0 Å². The number of amides is 1. The predicted octanol–water partition coefficient (Wildman–Crippen LogP) is 2.32. The summed E-state index contributed by atoms with van der Waals surface area (Å²) in [5.74, 6) is -0.780. The highest BCUT2D eigenvalue weighted by molar-refractivity contribution is 5.89. The number of esters is 1. The molecule has 0 spiro atoms. The Balaban J connectivity index is 1.70. The molecule has 2 rings (SSSR count). The van der Waals surface area contributed by atoms with E-state index in [-0.39, 0.29) is 18.6 Å². The van der Waals surface area contributed by atoms with E-state index in [1.54, 1.807) is 29.9 Å². The Morgan fingerprint density at radius 2 is 1.91 bits per heavy atom. The number of benzene rings is 1. The minimum Gasteiger partial charge on any atom is -0.451 e. The Morgan fingerprint density at radius 1 is 1.17 bits per heavy atom. The molecule has 0 aliphatic heterocycles. The summed E-state index contributed by atoms with van der Waals surface area (Å²) in [5.41, 5.74) is 1.67. The number of aryl methyl sites for hydroxylation is 2. The Bertz CT molecular complexity index is 649. The fourth-order valence-corrected chi connectivity index (χ4v) is 2.29. The van der Waals surface area contributed by atoms with Crippen LogP contribution in [0.4, 0.5) is 0 Å². The van der Waals surface area contributed by atoms with Crippen LogP contribution in [0.15, 0.2) is 48.7 Å². The van der Waals surface area contributed by atoms with Gasteiger partial charge in [-0.25, -0.2) is 4.79 Å². The number of carbonyl (C=O) groups excluding carboxylic acids is 2. The van der Waals surface area contributed by atoms with Gasteiger partial charge in [-0.1, -0.05) is 30.3 Å². The van der Waals surface area contributed by atoms with E-state index in [0.717, 1.165) is 12.8 Å². The smallest absolute Gasteiger partial charge is 0.355 e. The monoisotopic (exact) mass is 314 g/mol. The van der Waals surface area contributed by atoms with E-state index in [2.05, 4.69) is 17.4 Å². The molecule has 1 aromatic heterocycles. The van der Waals surface area contributed by atoms with Crippen LogP contribution in [0.5, 0.6) is 0 Å². The minimum absolute atomic E-state index is 0.0245. The van der Waals surface area contributed by atoms with Crippen LogP contribution in [0.2, 0.25) is 0 Å². The first kappa shape index (κ1) is 16.8. The molecule has 23 heavy (non-hydrogen) atoms. The molecule has 122 valence electrons. The zero-order chi connectivity index (χ0) is 16.7. The van der Waals surface area contributed by atoms with Crippen LogP contribution < -0.4 is 5.32 Å². The zero-order valence-electron chi connectivity index (χ0n) is 13.5. The average Bonchev–Trinajstić information content (AvgIpc) is 2.98. The van der Waals surface area contributed by atoms with Crippen molar-refractivity contribution < 1.29 is 14.3 Å².